The lowest BCUT2D eigenvalue weighted by atomic mass is 10.6. The zero-order chi connectivity index (χ0) is 11.6. The van der Waals surface area contributed by atoms with Crippen LogP contribution in [-0.4, -0.2) is 18.6 Å². The second-order valence-electron chi connectivity index (χ2n) is 2.32. The molecule has 0 spiro atoms. The number of ether oxygens (including phenoxy) is 1. The van der Waals surface area contributed by atoms with Gasteiger partial charge in [0.05, 0.1) is 6.61 Å². The van der Waals surface area contributed by atoms with E-state index < -0.39 is 6.00 Å². The number of carbonyl (C=O) groups is 1. The first-order chi connectivity index (χ1) is 6.37. The summed E-state index contributed by atoms with van der Waals surface area (Å²) in [6.07, 6.45) is 2.12. The fourth-order valence-corrected chi connectivity index (χ4v) is 2.75. The van der Waals surface area contributed by atoms with E-state index in [1.54, 1.807) is 6.92 Å². The Kier molecular flexibility index (Phi) is 11.7. The molecule has 2 nitrogen and oxygen atoms in total. The molecular weight excluding hydrogens is 263 g/mol. The maximum atomic E-state index is 10.1. The molecule has 0 fully saturated rings. The van der Waals surface area contributed by atoms with Crippen LogP contribution in [0.15, 0.2) is 12.7 Å². The van der Waals surface area contributed by atoms with Crippen LogP contribution in [0.25, 0.3) is 0 Å². The van der Waals surface area contributed by atoms with Crippen molar-refractivity contribution >= 4 is 45.2 Å². The van der Waals surface area contributed by atoms with Crippen molar-refractivity contribution < 1.29 is 9.53 Å². The summed E-state index contributed by atoms with van der Waals surface area (Å²) in [4.78, 5) is 10.1. The van der Waals surface area contributed by atoms with Crippen molar-refractivity contribution in [1.29, 1.82) is 0 Å². The summed E-state index contributed by atoms with van der Waals surface area (Å²) in [5, 5.41) is 0. The largest absolute Gasteiger partial charge is 0.463 e. The van der Waals surface area contributed by atoms with E-state index in [9.17, 15) is 4.79 Å². The van der Waals surface area contributed by atoms with Crippen molar-refractivity contribution in [3.8, 4) is 0 Å². The van der Waals surface area contributed by atoms with Crippen molar-refractivity contribution in [2.45, 2.75) is 26.3 Å². The van der Waals surface area contributed by atoms with Gasteiger partial charge < -0.3 is 4.74 Å². The molecule has 0 N–H and O–H groups in total. The quantitative estimate of drug-likeness (QED) is 0.338. The number of rotatable bonds is 4. The zero-order valence-electron chi connectivity index (χ0n) is 8.36. The molecule has 0 saturated heterocycles. The van der Waals surface area contributed by atoms with Gasteiger partial charge in [-0.05, 0) is 13.0 Å². The smallest absolute Gasteiger partial charge is 0.341 e. The van der Waals surface area contributed by atoms with Gasteiger partial charge in [-0.25, -0.2) is 4.79 Å². The van der Waals surface area contributed by atoms with Gasteiger partial charge in [-0.15, -0.1) is 33.2 Å². The van der Waals surface area contributed by atoms with Crippen molar-refractivity contribution in [2.24, 2.45) is 0 Å². The number of hydrogen-bond donors (Lipinski definition) is 0. The van der Waals surface area contributed by atoms with E-state index in [0.29, 0.717) is 6.61 Å². The first kappa shape index (κ1) is 16.7. The topological polar surface area (TPSA) is 26.3 Å². The molecule has 0 aromatic heterocycles. The molecule has 0 rings (SSSR count). The summed E-state index contributed by atoms with van der Waals surface area (Å²) in [6.45, 7) is 7.39. The van der Waals surface area contributed by atoms with Gasteiger partial charge in [-0.2, -0.15) is 0 Å². The average molecular weight is 278 g/mol. The highest BCUT2D eigenvalue weighted by atomic mass is 35.8. The highest BCUT2D eigenvalue weighted by Gasteiger charge is 2.22. The van der Waals surface area contributed by atoms with Crippen LogP contribution < -0.4 is 0 Å². The molecule has 0 saturated carbocycles. The van der Waals surface area contributed by atoms with E-state index in [2.05, 4.69) is 11.3 Å². The summed E-state index contributed by atoms with van der Waals surface area (Å²) < 4.78 is 4.43. The second kappa shape index (κ2) is 9.84. The highest BCUT2D eigenvalue weighted by Crippen LogP contribution is 2.25. The Hall–Kier alpha value is 0.297. The summed E-state index contributed by atoms with van der Waals surface area (Å²) in [6, 6.07) is -1.47. The van der Waals surface area contributed by atoms with Gasteiger partial charge in [0.1, 0.15) is 0 Å². The molecule has 0 aromatic carbocycles. The van der Waals surface area contributed by atoms with Crippen molar-refractivity contribution in [2.75, 3.05) is 6.61 Å². The van der Waals surface area contributed by atoms with Crippen LogP contribution in [0.3, 0.4) is 0 Å². The minimum atomic E-state index is -2.24. The van der Waals surface area contributed by atoms with E-state index in [1.165, 1.54) is 0 Å². The molecule has 0 bridgehead atoms. The second-order valence-corrected chi connectivity index (χ2v) is 11.6. The fourth-order valence-electron chi connectivity index (χ4n) is 0.485. The van der Waals surface area contributed by atoms with Crippen LogP contribution in [0.5, 0.6) is 0 Å². The molecule has 0 amide bonds. The van der Waals surface area contributed by atoms with Crippen LogP contribution >= 0.6 is 33.2 Å². The van der Waals surface area contributed by atoms with E-state index in [1.807, 2.05) is 6.92 Å². The number of carbonyl (C=O) groups excluding carboxylic acids is 1. The lowest BCUT2D eigenvalue weighted by molar-refractivity contribution is -0.137. The standard InChI is InChI=1S/C5H8O2.C3H7Cl3Si/c1-3-5(6)7-4-2;1-2-3-7(4,5)6/h3H,1,4H2,2H3;2-3H2,1H3. The summed E-state index contributed by atoms with van der Waals surface area (Å²) in [7, 11) is 0. The minimum absolute atomic E-state index is 0.359. The highest BCUT2D eigenvalue weighted by molar-refractivity contribution is 7.64. The number of esters is 1. The van der Waals surface area contributed by atoms with Crippen molar-refractivity contribution in [1.82, 2.24) is 0 Å². The maximum absolute atomic E-state index is 10.1. The van der Waals surface area contributed by atoms with Gasteiger partial charge in [0.25, 0.3) is 0 Å². The molecule has 84 valence electrons. The first-order valence-electron chi connectivity index (χ1n) is 4.23. The molecule has 0 aliphatic heterocycles. The van der Waals surface area contributed by atoms with Gasteiger partial charge >= 0.3 is 12.0 Å². The molecule has 0 atom stereocenters. The minimum Gasteiger partial charge on any atom is -0.463 e. The van der Waals surface area contributed by atoms with Crippen LogP contribution in [0, 0.1) is 0 Å². The summed E-state index contributed by atoms with van der Waals surface area (Å²) in [5.41, 5.74) is 0. The lowest BCUT2D eigenvalue weighted by Crippen LogP contribution is -2.06. The van der Waals surface area contributed by atoms with Gasteiger partial charge in [-0.1, -0.05) is 19.9 Å². The Bertz CT molecular complexity index is 168. The number of hydrogen-bond acceptors (Lipinski definition) is 2. The van der Waals surface area contributed by atoms with E-state index >= 15 is 0 Å². The van der Waals surface area contributed by atoms with Gasteiger partial charge in [0.2, 0.25) is 0 Å². The average Bonchev–Trinajstić information content (AvgIpc) is 2.03. The maximum Gasteiger partial charge on any atom is 0.341 e. The third-order valence-electron chi connectivity index (χ3n) is 0.987. The molecule has 0 unspecified atom stereocenters. The normalized spacial score (nSPS) is 9.79. The molecular formula is C8H15Cl3O2Si. The van der Waals surface area contributed by atoms with E-state index in [0.717, 1.165) is 18.5 Å². The fraction of sp³-hybridized carbons (Fsp3) is 0.625. The van der Waals surface area contributed by atoms with Crippen LogP contribution in [-0.2, 0) is 9.53 Å². The molecule has 0 aliphatic rings. The van der Waals surface area contributed by atoms with Gasteiger partial charge in [0, 0.05) is 6.08 Å². The van der Waals surface area contributed by atoms with E-state index in [-0.39, 0.29) is 5.97 Å². The SMILES string of the molecule is C=CC(=O)OCC.CCC[Si](Cl)(Cl)Cl. The molecule has 0 aromatic rings. The Morgan fingerprint density at radius 3 is 2.00 bits per heavy atom. The molecule has 0 radical (unpaired) electrons. The predicted octanol–water partition coefficient (Wildman–Crippen LogP) is 3.79. The summed E-state index contributed by atoms with van der Waals surface area (Å²) in [5.74, 6) is -0.359. The predicted molar refractivity (Wildman–Crippen MR) is 65.2 cm³/mol. The van der Waals surface area contributed by atoms with Crippen molar-refractivity contribution in [3.05, 3.63) is 12.7 Å². The Labute approximate surface area is 100 Å². The first-order valence-corrected chi connectivity index (χ1v) is 9.47. The zero-order valence-corrected chi connectivity index (χ0v) is 11.6. The molecule has 14 heavy (non-hydrogen) atoms. The lowest BCUT2D eigenvalue weighted by Gasteiger charge is -2.01. The van der Waals surface area contributed by atoms with Gasteiger partial charge in [0.15, 0.2) is 0 Å². The Balaban J connectivity index is 0. The molecule has 0 aliphatic carbocycles. The number of halogens is 3. The van der Waals surface area contributed by atoms with Gasteiger partial charge in [-0.3, -0.25) is 0 Å². The van der Waals surface area contributed by atoms with E-state index in [4.69, 9.17) is 33.2 Å². The summed E-state index contributed by atoms with van der Waals surface area (Å²) >= 11 is 16.5. The van der Waals surface area contributed by atoms with Crippen LogP contribution in [0.4, 0.5) is 0 Å². The Morgan fingerprint density at radius 2 is 1.93 bits per heavy atom. The molecule has 0 heterocycles. The third-order valence-corrected chi connectivity index (χ3v) is 3.75. The monoisotopic (exact) mass is 276 g/mol. The van der Waals surface area contributed by atoms with Crippen LogP contribution in [0.1, 0.15) is 20.3 Å². The molecule has 6 heteroatoms. The third kappa shape index (κ3) is 18.2. The Morgan fingerprint density at radius 1 is 1.43 bits per heavy atom. The van der Waals surface area contributed by atoms with Crippen molar-refractivity contribution in [3.63, 3.8) is 0 Å². The van der Waals surface area contributed by atoms with Crippen LogP contribution in [0.2, 0.25) is 6.04 Å².